The molecule has 2 rings (SSSR count). The van der Waals surface area contributed by atoms with Crippen molar-refractivity contribution in [1.29, 1.82) is 0 Å². The van der Waals surface area contributed by atoms with E-state index in [-0.39, 0.29) is 12.5 Å². The van der Waals surface area contributed by atoms with Crippen molar-refractivity contribution in [2.45, 2.75) is 33.1 Å². The summed E-state index contributed by atoms with van der Waals surface area (Å²) >= 11 is 0. The van der Waals surface area contributed by atoms with Crippen molar-refractivity contribution in [2.24, 2.45) is 0 Å². The number of benzene rings is 1. The van der Waals surface area contributed by atoms with Gasteiger partial charge in [0.15, 0.2) is 0 Å². The first-order chi connectivity index (χ1) is 10.5. The van der Waals surface area contributed by atoms with E-state index in [2.05, 4.69) is 0 Å². The summed E-state index contributed by atoms with van der Waals surface area (Å²) in [5, 5.41) is 0. The average Bonchev–Trinajstić information content (AvgIpc) is 2.68. The van der Waals surface area contributed by atoms with Gasteiger partial charge in [0.25, 0.3) is 6.43 Å². The lowest BCUT2D eigenvalue weighted by molar-refractivity contribution is -0.130. The molecule has 122 valence electrons. The van der Waals surface area contributed by atoms with Gasteiger partial charge in [0, 0.05) is 26.2 Å². The highest BCUT2D eigenvalue weighted by atomic mass is 19.3. The normalized spacial score (nSPS) is 16.9. The molecule has 0 spiro atoms. The summed E-state index contributed by atoms with van der Waals surface area (Å²) in [5.41, 5.74) is 3.32. The maximum atomic E-state index is 12.5. The Hall–Kier alpha value is -1.49. The molecule has 1 aliphatic heterocycles. The Balaban J connectivity index is 1.94. The van der Waals surface area contributed by atoms with Gasteiger partial charge in [-0.1, -0.05) is 23.8 Å². The number of carbonyl (C=O) groups excluding carboxylic acids is 1. The van der Waals surface area contributed by atoms with Gasteiger partial charge in [0.2, 0.25) is 5.91 Å². The number of carbonyl (C=O) groups is 1. The molecule has 0 unspecified atom stereocenters. The predicted octanol–water partition coefficient (Wildman–Crippen LogP) is 2.65. The highest BCUT2D eigenvalue weighted by Gasteiger charge is 2.21. The Morgan fingerprint density at radius 3 is 2.68 bits per heavy atom. The van der Waals surface area contributed by atoms with E-state index < -0.39 is 6.43 Å². The minimum atomic E-state index is -2.31. The molecule has 22 heavy (non-hydrogen) atoms. The molecule has 0 bridgehead atoms. The Morgan fingerprint density at radius 1 is 1.18 bits per heavy atom. The van der Waals surface area contributed by atoms with Crippen LogP contribution in [0.1, 0.15) is 23.1 Å². The first kappa shape index (κ1) is 16.9. The van der Waals surface area contributed by atoms with Crippen LogP contribution in [0.5, 0.6) is 0 Å². The Labute approximate surface area is 130 Å². The van der Waals surface area contributed by atoms with Crippen LogP contribution >= 0.6 is 0 Å². The van der Waals surface area contributed by atoms with Crippen molar-refractivity contribution >= 4 is 5.91 Å². The smallest absolute Gasteiger partial charge is 0.251 e. The third-order valence-electron chi connectivity index (χ3n) is 4.18. The van der Waals surface area contributed by atoms with E-state index >= 15 is 0 Å². The molecule has 0 atom stereocenters. The molecule has 0 saturated carbocycles. The summed E-state index contributed by atoms with van der Waals surface area (Å²) in [5.74, 6) is 0.0904. The van der Waals surface area contributed by atoms with Crippen LogP contribution in [0.15, 0.2) is 18.2 Å². The number of halogens is 2. The van der Waals surface area contributed by atoms with Gasteiger partial charge in [-0.05, 0) is 31.4 Å². The molecule has 5 heteroatoms. The molecule has 0 aliphatic carbocycles. The van der Waals surface area contributed by atoms with Gasteiger partial charge >= 0.3 is 0 Å². The van der Waals surface area contributed by atoms with Crippen LogP contribution in [0.3, 0.4) is 0 Å². The number of hydrogen-bond donors (Lipinski definition) is 0. The molecular formula is C17H24F2N2O. The lowest BCUT2D eigenvalue weighted by Gasteiger charge is -2.22. The average molecular weight is 310 g/mol. The van der Waals surface area contributed by atoms with Crippen LogP contribution in [-0.4, -0.2) is 54.9 Å². The van der Waals surface area contributed by atoms with Crippen LogP contribution < -0.4 is 0 Å². The zero-order valence-corrected chi connectivity index (χ0v) is 13.3. The monoisotopic (exact) mass is 310 g/mol. The Kier molecular flexibility index (Phi) is 5.89. The van der Waals surface area contributed by atoms with E-state index in [9.17, 15) is 13.6 Å². The highest BCUT2D eigenvalue weighted by Crippen LogP contribution is 2.14. The van der Waals surface area contributed by atoms with Gasteiger partial charge in [-0.3, -0.25) is 9.69 Å². The third kappa shape index (κ3) is 4.77. The molecule has 1 aliphatic rings. The van der Waals surface area contributed by atoms with Crippen molar-refractivity contribution in [3.8, 4) is 0 Å². The molecular weight excluding hydrogens is 286 g/mol. The molecule has 1 amide bonds. The minimum absolute atomic E-state index is 0.0904. The maximum absolute atomic E-state index is 12.5. The van der Waals surface area contributed by atoms with Crippen molar-refractivity contribution in [1.82, 2.24) is 9.80 Å². The largest absolute Gasteiger partial charge is 0.341 e. The molecule has 1 fully saturated rings. The van der Waals surface area contributed by atoms with Crippen LogP contribution in [0.2, 0.25) is 0 Å². The Bertz CT molecular complexity index is 519. The van der Waals surface area contributed by atoms with E-state index in [1.807, 2.05) is 36.9 Å². The van der Waals surface area contributed by atoms with E-state index in [1.165, 1.54) is 0 Å². The van der Waals surface area contributed by atoms with Gasteiger partial charge in [0.1, 0.15) is 0 Å². The molecule has 1 saturated heterocycles. The number of alkyl halides is 2. The van der Waals surface area contributed by atoms with Crippen molar-refractivity contribution in [3.05, 3.63) is 34.9 Å². The lowest BCUT2D eigenvalue weighted by Crippen LogP contribution is -2.37. The number of aryl methyl sites for hydroxylation is 2. The van der Waals surface area contributed by atoms with Crippen LogP contribution in [0, 0.1) is 13.8 Å². The SMILES string of the molecule is Cc1ccc(C)c(CC(=O)N2CCCN(CC(F)F)CC2)c1. The van der Waals surface area contributed by atoms with Gasteiger partial charge < -0.3 is 4.90 Å². The summed E-state index contributed by atoms with van der Waals surface area (Å²) in [6.07, 6.45) is -1.16. The van der Waals surface area contributed by atoms with E-state index in [0.29, 0.717) is 32.6 Å². The molecule has 1 aromatic rings. The summed E-state index contributed by atoms with van der Waals surface area (Å²) in [6.45, 7) is 6.19. The molecule has 0 radical (unpaired) electrons. The van der Waals surface area contributed by atoms with Crippen molar-refractivity contribution in [3.63, 3.8) is 0 Å². The van der Waals surface area contributed by atoms with Gasteiger partial charge in [0.05, 0.1) is 13.0 Å². The van der Waals surface area contributed by atoms with Crippen LogP contribution in [0.25, 0.3) is 0 Å². The first-order valence-corrected chi connectivity index (χ1v) is 7.80. The summed E-state index contributed by atoms with van der Waals surface area (Å²) in [6, 6.07) is 6.12. The number of rotatable bonds is 4. The first-order valence-electron chi connectivity index (χ1n) is 7.80. The fourth-order valence-electron chi connectivity index (χ4n) is 2.86. The maximum Gasteiger partial charge on any atom is 0.251 e. The summed E-state index contributed by atoms with van der Waals surface area (Å²) in [4.78, 5) is 16.0. The second-order valence-corrected chi connectivity index (χ2v) is 6.03. The molecule has 1 heterocycles. The van der Waals surface area contributed by atoms with Crippen LogP contribution in [-0.2, 0) is 11.2 Å². The summed E-state index contributed by atoms with van der Waals surface area (Å²) in [7, 11) is 0. The number of nitrogens with zero attached hydrogens (tertiary/aromatic N) is 2. The lowest BCUT2D eigenvalue weighted by atomic mass is 10.0. The van der Waals surface area contributed by atoms with E-state index in [0.717, 1.165) is 23.1 Å². The topological polar surface area (TPSA) is 23.6 Å². The fourth-order valence-corrected chi connectivity index (χ4v) is 2.86. The number of hydrogen-bond acceptors (Lipinski definition) is 2. The Morgan fingerprint density at radius 2 is 1.95 bits per heavy atom. The molecule has 3 nitrogen and oxygen atoms in total. The van der Waals surface area contributed by atoms with Gasteiger partial charge in [-0.25, -0.2) is 8.78 Å². The standard InChI is InChI=1S/C17H24F2N2O/c1-13-4-5-14(2)15(10-13)11-17(22)21-7-3-6-20(8-9-21)12-16(18)19/h4-5,10,16H,3,6-9,11-12H2,1-2H3. The second-order valence-electron chi connectivity index (χ2n) is 6.03. The van der Waals surface area contributed by atoms with E-state index in [4.69, 9.17) is 0 Å². The third-order valence-corrected chi connectivity index (χ3v) is 4.18. The quantitative estimate of drug-likeness (QED) is 0.853. The number of amides is 1. The zero-order valence-electron chi connectivity index (χ0n) is 13.3. The fraction of sp³-hybridized carbons (Fsp3) is 0.588. The second kappa shape index (κ2) is 7.68. The highest BCUT2D eigenvalue weighted by molar-refractivity contribution is 5.79. The van der Waals surface area contributed by atoms with Gasteiger partial charge in [-0.2, -0.15) is 0 Å². The van der Waals surface area contributed by atoms with Gasteiger partial charge in [-0.15, -0.1) is 0 Å². The molecule has 1 aromatic carbocycles. The zero-order chi connectivity index (χ0) is 16.1. The van der Waals surface area contributed by atoms with Crippen molar-refractivity contribution in [2.75, 3.05) is 32.7 Å². The predicted molar refractivity (Wildman–Crippen MR) is 83.3 cm³/mol. The summed E-state index contributed by atoms with van der Waals surface area (Å²) < 4.78 is 24.9. The van der Waals surface area contributed by atoms with Crippen molar-refractivity contribution < 1.29 is 13.6 Å². The molecule has 0 N–H and O–H groups in total. The molecule has 0 aromatic heterocycles. The minimum Gasteiger partial charge on any atom is -0.341 e. The van der Waals surface area contributed by atoms with E-state index in [1.54, 1.807) is 4.90 Å². The van der Waals surface area contributed by atoms with Crippen LogP contribution in [0.4, 0.5) is 8.78 Å².